The minimum absolute atomic E-state index is 0.0979. The van der Waals surface area contributed by atoms with Crippen molar-refractivity contribution < 1.29 is 28.8 Å². The summed E-state index contributed by atoms with van der Waals surface area (Å²) in [6.07, 6.45) is -1.16. The fourth-order valence-electron chi connectivity index (χ4n) is 7.56. The zero-order chi connectivity index (χ0) is 42.8. The Bertz CT molecular complexity index is 2960. The van der Waals surface area contributed by atoms with Gasteiger partial charge in [-0.3, -0.25) is 0 Å². The molecule has 8 heteroatoms. The Kier molecular flexibility index (Phi) is 12.8. The second kappa shape index (κ2) is 19.6. The van der Waals surface area contributed by atoms with Gasteiger partial charge in [-0.1, -0.05) is 152 Å². The van der Waals surface area contributed by atoms with Crippen LogP contribution in [-0.4, -0.2) is 21.0 Å². The third kappa shape index (κ3) is 9.92. The molecule has 11 rings (SSSR count). The van der Waals surface area contributed by atoms with Crippen LogP contribution in [0.15, 0.2) is 200 Å². The maximum absolute atomic E-state index is 12.1. The molecule has 2 aliphatic heterocycles. The summed E-state index contributed by atoms with van der Waals surface area (Å²) in [5.41, 5.74) is 12.8. The van der Waals surface area contributed by atoms with Gasteiger partial charge in [0.05, 0.1) is 43.0 Å². The van der Waals surface area contributed by atoms with E-state index in [9.17, 15) is 4.79 Å². The van der Waals surface area contributed by atoms with Gasteiger partial charge in [-0.25, -0.2) is 14.8 Å². The largest absolute Gasteiger partial charge is 0.426 e. The van der Waals surface area contributed by atoms with Crippen LogP contribution in [0.5, 0.6) is 0 Å². The van der Waals surface area contributed by atoms with Gasteiger partial charge in [0.15, 0.2) is 0 Å². The van der Waals surface area contributed by atoms with Gasteiger partial charge < -0.3 is 24.1 Å². The second-order valence-electron chi connectivity index (χ2n) is 15.1. The van der Waals surface area contributed by atoms with E-state index in [0.29, 0.717) is 31.1 Å². The molecule has 0 radical (unpaired) electrons. The molecule has 0 amide bonds. The summed E-state index contributed by atoms with van der Waals surface area (Å²) < 4.78 is 22.9. The zero-order valence-electron chi connectivity index (χ0n) is 34.4. The molecule has 310 valence electrons. The van der Waals surface area contributed by atoms with Crippen LogP contribution in [0.3, 0.4) is 0 Å². The molecule has 7 aromatic carbocycles. The van der Waals surface area contributed by atoms with E-state index in [0.717, 1.165) is 55.3 Å². The number of carbonyl (C=O) groups is 1. The van der Waals surface area contributed by atoms with Crippen molar-refractivity contribution in [2.45, 2.75) is 39.0 Å². The van der Waals surface area contributed by atoms with Crippen LogP contribution >= 0.6 is 0 Å². The van der Waals surface area contributed by atoms with E-state index in [-0.39, 0.29) is 6.61 Å². The van der Waals surface area contributed by atoms with Crippen LogP contribution in [0.4, 0.5) is 0 Å². The number of fused-ring (bicyclic) bond motifs is 4. The van der Waals surface area contributed by atoms with E-state index in [1.807, 2.05) is 97.1 Å². The van der Waals surface area contributed by atoms with Crippen LogP contribution in [0.1, 0.15) is 56.6 Å². The summed E-state index contributed by atoms with van der Waals surface area (Å²) >= 11 is 0. The topological polar surface area (TPSA) is 100 Å². The Morgan fingerprint density at radius 1 is 0.508 bits per heavy atom. The number of nitrogens with zero attached hydrogens (tertiary/aromatic N) is 2. The fourth-order valence-corrected chi connectivity index (χ4v) is 7.56. The predicted molar refractivity (Wildman–Crippen MR) is 245 cm³/mol. The molecule has 2 aliphatic rings. The molecule has 0 bridgehead atoms. The van der Waals surface area contributed by atoms with Crippen molar-refractivity contribution in [1.29, 1.82) is 0 Å². The van der Waals surface area contributed by atoms with E-state index < -0.39 is 18.5 Å². The van der Waals surface area contributed by atoms with Gasteiger partial charge >= 0.3 is 5.97 Å². The lowest BCUT2D eigenvalue weighted by atomic mass is 10.0. The Hall–Kier alpha value is -7.33. The highest BCUT2D eigenvalue weighted by atomic mass is 16.7. The maximum atomic E-state index is 12.1. The average molecular weight is 829 g/mol. The number of aromatic nitrogens is 2. The minimum atomic E-state index is -0.743. The molecular formula is C55H44N2O6. The van der Waals surface area contributed by atoms with Gasteiger partial charge in [0.2, 0.25) is 12.6 Å². The zero-order valence-corrected chi connectivity index (χ0v) is 34.4. The molecule has 2 unspecified atom stereocenters. The first-order chi connectivity index (χ1) is 31.1. The van der Waals surface area contributed by atoms with Crippen LogP contribution in [0, 0.1) is 0 Å². The van der Waals surface area contributed by atoms with Gasteiger partial charge in [0.1, 0.15) is 11.4 Å². The van der Waals surface area contributed by atoms with Gasteiger partial charge in [0, 0.05) is 21.9 Å². The molecule has 0 aliphatic carbocycles. The van der Waals surface area contributed by atoms with Crippen molar-refractivity contribution >= 4 is 27.8 Å². The number of carbonyl (C=O) groups excluding carboxylic acids is 1. The molecule has 9 aromatic rings. The Morgan fingerprint density at radius 3 is 1.54 bits per heavy atom. The van der Waals surface area contributed by atoms with Crippen LogP contribution in [0.25, 0.3) is 44.1 Å². The van der Waals surface area contributed by atoms with E-state index >= 15 is 0 Å². The summed E-state index contributed by atoms with van der Waals surface area (Å²) in [6.45, 7) is 1.53. The first-order valence-electron chi connectivity index (χ1n) is 20.9. The Labute approximate surface area is 366 Å². The van der Waals surface area contributed by atoms with Crippen LogP contribution < -0.4 is 0 Å². The molecule has 4 heterocycles. The third-order valence-corrected chi connectivity index (χ3v) is 10.8. The normalized spacial score (nSPS) is 14.7. The van der Waals surface area contributed by atoms with E-state index in [1.165, 1.54) is 16.7 Å². The number of para-hydroxylation sites is 2. The van der Waals surface area contributed by atoms with Crippen LogP contribution in [-0.2, 0) is 45.4 Å². The average Bonchev–Trinajstić information content (AvgIpc) is 3.95. The second-order valence-corrected chi connectivity index (χ2v) is 15.1. The van der Waals surface area contributed by atoms with Crippen molar-refractivity contribution in [2.75, 3.05) is 0 Å². The fraction of sp³-hybridized carbons (Fsp3) is 0.109. The summed E-state index contributed by atoms with van der Waals surface area (Å²) in [7, 11) is 0. The number of hydrogen-bond acceptors (Lipinski definition) is 8. The summed E-state index contributed by atoms with van der Waals surface area (Å²) in [5.74, 6) is -0.409. The molecule has 0 spiro atoms. The lowest BCUT2D eigenvalue weighted by Gasteiger charge is -2.13. The Balaban J connectivity index is 0.000000126. The number of ether oxygens (including phenoxy) is 4. The van der Waals surface area contributed by atoms with Crippen molar-refractivity contribution in [2.24, 2.45) is 0 Å². The smallest absolute Gasteiger partial charge is 0.340 e. The molecule has 2 aromatic heterocycles. The predicted octanol–water partition coefficient (Wildman–Crippen LogP) is 12.1. The van der Waals surface area contributed by atoms with Crippen LogP contribution in [0.2, 0.25) is 0 Å². The van der Waals surface area contributed by atoms with E-state index in [4.69, 9.17) is 29.0 Å². The number of pyridine rings is 2. The molecule has 8 nitrogen and oxygen atoms in total. The number of aliphatic hydroxyl groups excluding tert-OH is 1. The SMILES string of the molecule is O=C(OC1OCc2cc3ccccc3nc21)c1ccccc1.OCc1cccc(-c2ccccc2)c1.c1ccc(-c2cccc(COC3OCc4cc5ccccc5nc43)c2)cc1. The molecule has 2 atom stereocenters. The number of rotatable bonds is 8. The standard InChI is InChI=1S/C24H19NO2.C18H13NO3.C13H12O/c1-2-8-18(9-3-1)19-11-6-7-17(13-19)15-26-24-23-21(16-27-24)14-20-10-4-5-12-22(20)25-23;20-17(12-6-2-1-3-7-12)22-18-16-14(11-21-18)10-13-8-4-5-9-15(13)19-16;14-10-11-5-4-8-13(9-11)12-6-2-1-3-7-12/h1-14,24H,15-16H2;1-10,18H,11H2;1-9,14H,10H2. The quantitative estimate of drug-likeness (QED) is 0.151. The highest BCUT2D eigenvalue weighted by Gasteiger charge is 2.29. The number of aliphatic hydroxyl groups is 1. The first-order valence-corrected chi connectivity index (χ1v) is 20.9. The van der Waals surface area contributed by atoms with Crippen molar-refractivity contribution in [3.05, 3.63) is 239 Å². The monoisotopic (exact) mass is 828 g/mol. The van der Waals surface area contributed by atoms with Gasteiger partial charge in [-0.2, -0.15) is 0 Å². The molecule has 1 N–H and O–H groups in total. The number of hydrogen-bond donors (Lipinski definition) is 1. The number of benzene rings is 7. The molecule has 0 saturated carbocycles. The Morgan fingerprint density at radius 2 is 0.968 bits per heavy atom. The van der Waals surface area contributed by atoms with Crippen molar-refractivity contribution in [3.8, 4) is 22.3 Å². The van der Waals surface area contributed by atoms with E-state index in [2.05, 4.69) is 83.8 Å². The lowest BCUT2D eigenvalue weighted by molar-refractivity contribution is -0.147. The summed E-state index contributed by atoms with van der Waals surface area (Å²) in [5, 5.41) is 11.2. The summed E-state index contributed by atoms with van der Waals surface area (Å²) in [4.78, 5) is 21.5. The highest BCUT2D eigenvalue weighted by molar-refractivity contribution is 5.89. The molecule has 63 heavy (non-hydrogen) atoms. The highest BCUT2D eigenvalue weighted by Crippen LogP contribution is 2.34. The van der Waals surface area contributed by atoms with Crippen molar-refractivity contribution in [3.63, 3.8) is 0 Å². The molecular weight excluding hydrogens is 785 g/mol. The molecule has 0 saturated heterocycles. The third-order valence-electron chi connectivity index (χ3n) is 10.8. The first kappa shape index (κ1) is 41.0. The van der Waals surface area contributed by atoms with Gasteiger partial charge in [-0.05, 0) is 81.9 Å². The van der Waals surface area contributed by atoms with Gasteiger partial charge in [0.25, 0.3) is 0 Å². The van der Waals surface area contributed by atoms with E-state index in [1.54, 1.807) is 24.3 Å². The van der Waals surface area contributed by atoms with Crippen molar-refractivity contribution in [1.82, 2.24) is 9.97 Å². The maximum Gasteiger partial charge on any atom is 0.340 e. The summed E-state index contributed by atoms with van der Waals surface area (Å²) in [6, 6.07) is 65.9. The lowest BCUT2D eigenvalue weighted by Crippen LogP contribution is -2.11. The number of esters is 1. The minimum Gasteiger partial charge on any atom is -0.426 e. The van der Waals surface area contributed by atoms with Gasteiger partial charge in [-0.15, -0.1) is 0 Å². The molecule has 0 fully saturated rings.